The number of carbonyl (C=O) groups excluding carboxylic acids is 1. The van der Waals surface area contributed by atoms with Gasteiger partial charge in [-0.15, -0.1) is 0 Å². The number of benzene rings is 2. The van der Waals surface area contributed by atoms with Crippen molar-refractivity contribution in [2.45, 2.75) is 12.3 Å². The standard InChI is InChI=1S/C20H24N2OS/c1-24-16-18-7-9-19(10-8-18)20(23)22-13-11-21(12-14-22)15-17-5-3-2-4-6-17/h2-10H,11-16H2,1H3. The fourth-order valence-electron chi connectivity index (χ4n) is 3.04. The van der Waals surface area contributed by atoms with Crippen LogP contribution in [-0.2, 0) is 12.3 Å². The molecule has 24 heavy (non-hydrogen) atoms. The molecule has 3 nitrogen and oxygen atoms in total. The molecule has 0 bridgehead atoms. The zero-order valence-corrected chi connectivity index (χ0v) is 15.0. The highest BCUT2D eigenvalue weighted by Crippen LogP contribution is 2.14. The van der Waals surface area contributed by atoms with Crippen molar-refractivity contribution >= 4 is 17.7 Å². The van der Waals surface area contributed by atoms with E-state index in [2.05, 4.69) is 47.6 Å². The third-order valence-corrected chi connectivity index (χ3v) is 5.04. The average molecular weight is 340 g/mol. The lowest BCUT2D eigenvalue weighted by Crippen LogP contribution is -2.48. The largest absolute Gasteiger partial charge is 0.336 e. The first-order valence-electron chi connectivity index (χ1n) is 8.39. The van der Waals surface area contributed by atoms with Crippen LogP contribution in [0.3, 0.4) is 0 Å². The van der Waals surface area contributed by atoms with Gasteiger partial charge < -0.3 is 4.90 Å². The van der Waals surface area contributed by atoms with E-state index in [1.165, 1.54) is 11.1 Å². The second-order valence-corrected chi connectivity index (χ2v) is 7.05. The summed E-state index contributed by atoms with van der Waals surface area (Å²) >= 11 is 1.80. The molecule has 1 saturated heterocycles. The topological polar surface area (TPSA) is 23.6 Å². The minimum Gasteiger partial charge on any atom is -0.336 e. The molecular formula is C20H24N2OS. The number of hydrogen-bond acceptors (Lipinski definition) is 3. The monoisotopic (exact) mass is 340 g/mol. The molecule has 0 saturated carbocycles. The van der Waals surface area contributed by atoms with Gasteiger partial charge in [-0.2, -0.15) is 11.8 Å². The van der Waals surface area contributed by atoms with Crippen molar-refractivity contribution < 1.29 is 4.79 Å². The van der Waals surface area contributed by atoms with Crippen molar-refractivity contribution in [3.05, 3.63) is 71.3 Å². The van der Waals surface area contributed by atoms with E-state index in [9.17, 15) is 4.79 Å². The lowest BCUT2D eigenvalue weighted by molar-refractivity contribution is 0.0628. The molecule has 2 aromatic carbocycles. The fraction of sp³-hybridized carbons (Fsp3) is 0.350. The number of amides is 1. The lowest BCUT2D eigenvalue weighted by Gasteiger charge is -2.34. The van der Waals surface area contributed by atoms with Crippen molar-refractivity contribution in [1.82, 2.24) is 9.80 Å². The van der Waals surface area contributed by atoms with Gasteiger partial charge in [0.25, 0.3) is 5.91 Å². The van der Waals surface area contributed by atoms with Crippen molar-refractivity contribution in [2.75, 3.05) is 32.4 Å². The molecule has 0 atom stereocenters. The Morgan fingerprint density at radius 1 is 0.917 bits per heavy atom. The Morgan fingerprint density at radius 3 is 2.21 bits per heavy atom. The maximum Gasteiger partial charge on any atom is 0.253 e. The van der Waals surface area contributed by atoms with E-state index in [0.717, 1.165) is 44.0 Å². The smallest absolute Gasteiger partial charge is 0.253 e. The summed E-state index contributed by atoms with van der Waals surface area (Å²) < 4.78 is 0. The van der Waals surface area contributed by atoms with Gasteiger partial charge in [0.05, 0.1) is 0 Å². The maximum atomic E-state index is 12.6. The zero-order valence-electron chi connectivity index (χ0n) is 14.1. The van der Waals surface area contributed by atoms with Gasteiger partial charge >= 0.3 is 0 Å². The Hall–Kier alpha value is -1.78. The number of hydrogen-bond donors (Lipinski definition) is 0. The summed E-state index contributed by atoms with van der Waals surface area (Å²) in [6.45, 7) is 4.44. The number of nitrogens with zero attached hydrogens (tertiary/aromatic N) is 2. The van der Waals surface area contributed by atoms with Crippen LogP contribution in [0.1, 0.15) is 21.5 Å². The van der Waals surface area contributed by atoms with E-state index in [-0.39, 0.29) is 5.91 Å². The molecule has 0 aromatic heterocycles. The molecule has 1 aliphatic heterocycles. The van der Waals surface area contributed by atoms with Crippen LogP contribution in [-0.4, -0.2) is 48.1 Å². The van der Waals surface area contributed by atoms with E-state index >= 15 is 0 Å². The first kappa shape index (κ1) is 17.1. The number of carbonyl (C=O) groups is 1. The first-order valence-corrected chi connectivity index (χ1v) is 9.79. The zero-order chi connectivity index (χ0) is 16.8. The van der Waals surface area contributed by atoms with Crippen LogP contribution in [0.5, 0.6) is 0 Å². The lowest BCUT2D eigenvalue weighted by atomic mass is 10.1. The van der Waals surface area contributed by atoms with E-state index in [1.807, 2.05) is 23.1 Å². The number of rotatable bonds is 5. The number of thioether (sulfide) groups is 1. The fourth-order valence-corrected chi connectivity index (χ4v) is 3.57. The van der Waals surface area contributed by atoms with Crippen LogP contribution < -0.4 is 0 Å². The molecule has 0 spiro atoms. The molecular weight excluding hydrogens is 316 g/mol. The summed E-state index contributed by atoms with van der Waals surface area (Å²) in [6.07, 6.45) is 2.09. The molecule has 1 amide bonds. The Balaban J connectivity index is 1.53. The van der Waals surface area contributed by atoms with E-state index in [1.54, 1.807) is 11.8 Å². The van der Waals surface area contributed by atoms with Gasteiger partial charge in [-0.3, -0.25) is 9.69 Å². The average Bonchev–Trinajstić information content (AvgIpc) is 2.64. The molecule has 3 rings (SSSR count). The van der Waals surface area contributed by atoms with Gasteiger partial charge in [-0.05, 0) is 29.5 Å². The third-order valence-electron chi connectivity index (χ3n) is 4.42. The summed E-state index contributed by atoms with van der Waals surface area (Å²) in [7, 11) is 0. The predicted molar refractivity (Wildman–Crippen MR) is 101 cm³/mol. The van der Waals surface area contributed by atoms with Crippen LogP contribution in [0.15, 0.2) is 54.6 Å². The number of piperazine rings is 1. The maximum absolute atomic E-state index is 12.6. The minimum atomic E-state index is 0.157. The quantitative estimate of drug-likeness (QED) is 0.832. The Bertz CT molecular complexity index is 649. The first-order chi connectivity index (χ1) is 11.8. The molecule has 0 N–H and O–H groups in total. The van der Waals surface area contributed by atoms with Crippen molar-refractivity contribution in [3.63, 3.8) is 0 Å². The van der Waals surface area contributed by atoms with Crippen LogP contribution in [0.4, 0.5) is 0 Å². The molecule has 1 aliphatic rings. The van der Waals surface area contributed by atoms with Crippen LogP contribution >= 0.6 is 11.8 Å². The van der Waals surface area contributed by atoms with E-state index in [4.69, 9.17) is 0 Å². The molecule has 0 unspecified atom stereocenters. The second kappa shape index (κ2) is 8.36. The Morgan fingerprint density at radius 2 is 1.58 bits per heavy atom. The molecule has 1 heterocycles. The van der Waals surface area contributed by atoms with Crippen molar-refractivity contribution in [2.24, 2.45) is 0 Å². The molecule has 126 valence electrons. The van der Waals surface area contributed by atoms with Crippen molar-refractivity contribution in [1.29, 1.82) is 0 Å². The van der Waals surface area contributed by atoms with Gasteiger partial charge in [0.1, 0.15) is 0 Å². The predicted octanol–water partition coefficient (Wildman–Crippen LogP) is 3.51. The third kappa shape index (κ3) is 4.40. The normalized spacial score (nSPS) is 15.5. The van der Waals surface area contributed by atoms with Gasteiger partial charge in [0.15, 0.2) is 0 Å². The molecule has 0 radical (unpaired) electrons. The minimum absolute atomic E-state index is 0.157. The molecule has 1 fully saturated rings. The van der Waals surface area contributed by atoms with Gasteiger partial charge in [0.2, 0.25) is 0 Å². The van der Waals surface area contributed by atoms with Gasteiger partial charge in [-0.25, -0.2) is 0 Å². The Kier molecular flexibility index (Phi) is 5.94. The van der Waals surface area contributed by atoms with Gasteiger partial charge in [0, 0.05) is 44.0 Å². The van der Waals surface area contributed by atoms with Gasteiger partial charge in [-0.1, -0.05) is 42.5 Å². The summed E-state index contributed by atoms with van der Waals surface area (Å²) in [5.74, 6) is 1.15. The SMILES string of the molecule is CSCc1ccc(C(=O)N2CCN(Cc3ccccc3)CC2)cc1. The highest BCUT2D eigenvalue weighted by molar-refractivity contribution is 7.97. The molecule has 2 aromatic rings. The molecule has 4 heteroatoms. The highest BCUT2D eigenvalue weighted by Gasteiger charge is 2.22. The summed E-state index contributed by atoms with van der Waals surface area (Å²) in [6, 6.07) is 18.6. The van der Waals surface area contributed by atoms with Crippen LogP contribution in [0.2, 0.25) is 0 Å². The summed E-state index contributed by atoms with van der Waals surface area (Å²) in [5.41, 5.74) is 3.41. The summed E-state index contributed by atoms with van der Waals surface area (Å²) in [4.78, 5) is 17.0. The Labute approximate surface area is 148 Å². The molecule has 0 aliphatic carbocycles. The summed E-state index contributed by atoms with van der Waals surface area (Å²) in [5, 5.41) is 0. The van der Waals surface area contributed by atoms with E-state index < -0.39 is 0 Å². The highest BCUT2D eigenvalue weighted by atomic mass is 32.2. The van der Waals surface area contributed by atoms with Crippen LogP contribution in [0.25, 0.3) is 0 Å². The second-order valence-electron chi connectivity index (χ2n) is 6.18. The van der Waals surface area contributed by atoms with Crippen LogP contribution in [0, 0.1) is 0 Å². The van der Waals surface area contributed by atoms with Crippen molar-refractivity contribution in [3.8, 4) is 0 Å². The van der Waals surface area contributed by atoms with E-state index in [0.29, 0.717) is 0 Å².